The van der Waals surface area contributed by atoms with E-state index < -0.39 is 11.6 Å². The number of hydrogen-bond acceptors (Lipinski definition) is 4. The number of carbonyl (C=O) groups excluding carboxylic acids is 2. The molecule has 1 rings (SSSR count). The fraction of sp³-hybridized carbons (Fsp3) is 0.818. The lowest BCUT2D eigenvalue weighted by Gasteiger charge is -2.17. The van der Waals surface area contributed by atoms with Crippen LogP contribution in [0.25, 0.3) is 0 Å². The van der Waals surface area contributed by atoms with Crippen LogP contribution in [0.3, 0.4) is 0 Å². The molecule has 0 saturated heterocycles. The highest BCUT2D eigenvalue weighted by Gasteiger charge is 2.43. The molecule has 0 aromatic rings. The molecule has 6 heteroatoms. The number of carbonyl (C=O) groups is 2. The summed E-state index contributed by atoms with van der Waals surface area (Å²) in [6.45, 7) is 3.53. The molecule has 0 unspecified atom stereocenters. The fourth-order valence-corrected chi connectivity index (χ4v) is 1.40. The molecule has 1 aliphatic carbocycles. The number of rotatable bonds is 6. The van der Waals surface area contributed by atoms with E-state index in [-0.39, 0.29) is 30.9 Å². The molecule has 1 saturated carbocycles. The van der Waals surface area contributed by atoms with E-state index in [1.54, 1.807) is 0 Å². The summed E-state index contributed by atoms with van der Waals surface area (Å²) < 4.78 is 0. The van der Waals surface area contributed by atoms with Crippen molar-refractivity contribution in [2.24, 2.45) is 11.7 Å². The van der Waals surface area contributed by atoms with Gasteiger partial charge in [0.25, 0.3) is 0 Å². The summed E-state index contributed by atoms with van der Waals surface area (Å²) in [6.07, 6.45) is 1.57. The van der Waals surface area contributed by atoms with Crippen LogP contribution >= 0.6 is 0 Å². The minimum absolute atomic E-state index is 0.0327. The van der Waals surface area contributed by atoms with Crippen LogP contribution < -0.4 is 16.4 Å². The second kappa shape index (κ2) is 5.46. The van der Waals surface area contributed by atoms with Gasteiger partial charge in [-0.2, -0.15) is 0 Å². The van der Waals surface area contributed by atoms with Gasteiger partial charge in [0.1, 0.15) is 0 Å². The van der Waals surface area contributed by atoms with E-state index in [1.165, 1.54) is 0 Å². The van der Waals surface area contributed by atoms with Crippen LogP contribution in [0.2, 0.25) is 0 Å². The summed E-state index contributed by atoms with van der Waals surface area (Å²) >= 11 is 0. The van der Waals surface area contributed by atoms with E-state index in [0.29, 0.717) is 0 Å². The summed E-state index contributed by atoms with van der Waals surface area (Å²) in [4.78, 5) is 23.0. The molecule has 17 heavy (non-hydrogen) atoms. The zero-order chi connectivity index (χ0) is 13.1. The minimum atomic E-state index is -0.601. The molecule has 0 heterocycles. The topological polar surface area (TPSA) is 104 Å². The SMILES string of the molecule is CC(C)[C@H](N)C(=O)NCC(=O)NC1(CO)CC1. The Labute approximate surface area is 101 Å². The van der Waals surface area contributed by atoms with E-state index in [9.17, 15) is 9.59 Å². The first kappa shape index (κ1) is 13.9. The normalized spacial score (nSPS) is 18.6. The van der Waals surface area contributed by atoms with E-state index in [2.05, 4.69) is 10.6 Å². The molecule has 1 aliphatic rings. The van der Waals surface area contributed by atoms with Gasteiger partial charge in [-0.05, 0) is 18.8 Å². The van der Waals surface area contributed by atoms with Crippen molar-refractivity contribution in [3.63, 3.8) is 0 Å². The summed E-state index contributed by atoms with van der Waals surface area (Å²) in [5.74, 6) is -0.588. The van der Waals surface area contributed by atoms with Crippen molar-refractivity contribution in [2.75, 3.05) is 13.2 Å². The molecule has 1 fully saturated rings. The molecule has 0 aromatic heterocycles. The van der Waals surface area contributed by atoms with Gasteiger partial charge in [0.05, 0.1) is 24.7 Å². The van der Waals surface area contributed by atoms with Gasteiger partial charge in [0, 0.05) is 0 Å². The predicted molar refractivity (Wildman–Crippen MR) is 63.0 cm³/mol. The lowest BCUT2D eigenvalue weighted by atomic mass is 10.1. The first-order chi connectivity index (χ1) is 7.90. The van der Waals surface area contributed by atoms with Gasteiger partial charge in [0.2, 0.25) is 11.8 Å². The summed E-state index contributed by atoms with van der Waals surface area (Å²) in [5, 5.41) is 14.2. The maximum absolute atomic E-state index is 11.5. The molecule has 0 bridgehead atoms. The maximum atomic E-state index is 11.5. The molecule has 0 aliphatic heterocycles. The molecular weight excluding hydrogens is 222 g/mol. The van der Waals surface area contributed by atoms with E-state index in [1.807, 2.05) is 13.8 Å². The van der Waals surface area contributed by atoms with Gasteiger partial charge in [-0.1, -0.05) is 13.8 Å². The average molecular weight is 243 g/mol. The third-order valence-electron chi connectivity index (χ3n) is 3.00. The van der Waals surface area contributed by atoms with Crippen LogP contribution in [0.15, 0.2) is 0 Å². The smallest absolute Gasteiger partial charge is 0.239 e. The molecular formula is C11H21N3O3. The third kappa shape index (κ3) is 3.98. The van der Waals surface area contributed by atoms with E-state index in [0.717, 1.165) is 12.8 Å². The Morgan fingerprint density at radius 3 is 2.41 bits per heavy atom. The molecule has 5 N–H and O–H groups in total. The van der Waals surface area contributed by atoms with Crippen LogP contribution in [0.4, 0.5) is 0 Å². The summed E-state index contributed by atoms with van der Waals surface area (Å²) in [7, 11) is 0. The molecule has 1 atom stereocenters. The monoisotopic (exact) mass is 243 g/mol. The van der Waals surface area contributed by atoms with Crippen molar-refractivity contribution >= 4 is 11.8 Å². The fourth-order valence-electron chi connectivity index (χ4n) is 1.40. The second-order valence-corrected chi connectivity index (χ2v) is 4.97. The Bertz CT molecular complexity index is 300. The summed E-state index contributed by atoms with van der Waals surface area (Å²) in [5.41, 5.74) is 5.19. The number of nitrogens with one attached hydrogen (secondary N) is 2. The van der Waals surface area contributed by atoms with Crippen molar-refractivity contribution in [3.8, 4) is 0 Å². The van der Waals surface area contributed by atoms with Crippen LogP contribution in [0.1, 0.15) is 26.7 Å². The van der Waals surface area contributed by atoms with Gasteiger partial charge >= 0.3 is 0 Å². The van der Waals surface area contributed by atoms with Crippen molar-refractivity contribution < 1.29 is 14.7 Å². The van der Waals surface area contributed by atoms with Crippen LogP contribution in [-0.4, -0.2) is 41.7 Å². The number of hydrogen-bond donors (Lipinski definition) is 4. The molecule has 6 nitrogen and oxygen atoms in total. The largest absolute Gasteiger partial charge is 0.394 e. The first-order valence-electron chi connectivity index (χ1n) is 5.85. The van der Waals surface area contributed by atoms with Gasteiger partial charge < -0.3 is 21.5 Å². The Morgan fingerprint density at radius 2 is 2.00 bits per heavy atom. The van der Waals surface area contributed by atoms with Gasteiger partial charge in [-0.15, -0.1) is 0 Å². The quantitative estimate of drug-likeness (QED) is 0.466. The first-order valence-corrected chi connectivity index (χ1v) is 5.85. The molecule has 0 radical (unpaired) electrons. The van der Waals surface area contributed by atoms with Crippen molar-refractivity contribution in [1.82, 2.24) is 10.6 Å². The number of nitrogens with two attached hydrogens (primary N) is 1. The van der Waals surface area contributed by atoms with E-state index in [4.69, 9.17) is 10.8 Å². The minimum Gasteiger partial charge on any atom is -0.394 e. The Hall–Kier alpha value is -1.14. The second-order valence-electron chi connectivity index (χ2n) is 4.97. The molecule has 98 valence electrons. The molecule has 0 spiro atoms. The maximum Gasteiger partial charge on any atom is 0.239 e. The highest BCUT2D eigenvalue weighted by Crippen LogP contribution is 2.34. The van der Waals surface area contributed by atoms with Gasteiger partial charge in [-0.3, -0.25) is 9.59 Å². The van der Waals surface area contributed by atoms with Crippen molar-refractivity contribution in [2.45, 2.75) is 38.3 Å². The number of amides is 2. The lowest BCUT2D eigenvalue weighted by Crippen LogP contribution is -2.49. The highest BCUT2D eigenvalue weighted by atomic mass is 16.3. The van der Waals surface area contributed by atoms with Crippen molar-refractivity contribution in [1.29, 1.82) is 0 Å². The third-order valence-corrected chi connectivity index (χ3v) is 3.00. The highest BCUT2D eigenvalue weighted by molar-refractivity contribution is 5.87. The Morgan fingerprint density at radius 1 is 1.41 bits per heavy atom. The van der Waals surface area contributed by atoms with Gasteiger partial charge in [0.15, 0.2) is 0 Å². The van der Waals surface area contributed by atoms with Crippen LogP contribution in [0.5, 0.6) is 0 Å². The summed E-state index contributed by atoms with van der Waals surface area (Å²) in [6, 6.07) is -0.601. The number of aliphatic hydroxyl groups is 1. The number of aliphatic hydroxyl groups excluding tert-OH is 1. The Balaban J connectivity index is 2.26. The standard InChI is InChI=1S/C11H21N3O3/c1-7(2)9(12)10(17)13-5-8(16)14-11(6-15)3-4-11/h7,9,15H,3-6,12H2,1-2H3,(H,13,17)(H,14,16)/t9-/m0/s1. The Kier molecular flexibility index (Phi) is 4.47. The molecule has 0 aromatic carbocycles. The predicted octanol–water partition coefficient (Wildman–Crippen LogP) is -1.27. The van der Waals surface area contributed by atoms with Gasteiger partial charge in [-0.25, -0.2) is 0 Å². The zero-order valence-corrected chi connectivity index (χ0v) is 10.3. The van der Waals surface area contributed by atoms with Crippen molar-refractivity contribution in [3.05, 3.63) is 0 Å². The molecule has 2 amide bonds. The zero-order valence-electron chi connectivity index (χ0n) is 10.3. The van der Waals surface area contributed by atoms with Crippen LogP contribution in [0, 0.1) is 5.92 Å². The average Bonchev–Trinajstić information content (AvgIpc) is 3.05. The van der Waals surface area contributed by atoms with E-state index >= 15 is 0 Å². The lowest BCUT2D eigenvalue weighted by molar-refractivity contribution is -0.127. The van der Waals surface area contributed by atoms with Crippen LogP contribution in [-0.2, 0) is 9.59 Å².